The predicted octanol–water partition coefficient (Wildman–Crippen LogP) is 3.16. The van der Waals surface area contributed by atoms with Crippen molar-refractivity contribution in [3.63, 3.8) is 0 Å². The van der Waals surface area contributed by atoms with Gasteiger partial charge in [-0.3, -0.25) is 19.3 Å². The molecule has 138 valence electrons. The molecule has 0 aliphatic carbocycles. The third kappa shape index (κ3) is 4.38. The topological polar surface area (TPSA) is 75.7 Å². The van der Waals surface area contributed by atoms with E-state index in [0.29, 0.717) is 16.2 Å². The van der Waals surface area contributed by atoms with Gasteiger partial charge in [0.2, 0.25) is 0 Å². The number of hydrogen-bond donors (Lipinski definition) is 1. The molecular formula is C20H18N2O4S. The average molecular weight is 382 g/mol. The molecule has 1 fully saturated rings. The third-order valence-electron chi connectivity index (χ3n) is 3.96. The Balaban J connectivity index is 1.63. The Morgan fingerprint density at radius 2 is 1.81 bits per heavy atom. The first kappa shape index (κ1) is 18.7. The minimum atomic E-state index is -0.370. The van der Waals surface area contributed by atoms with Crippen LogP contribution in [0.15, 0.2) is 59.5 Å². The van der Waals surface area contributed by atoms with Gasteiger partial charge in [-0.25, -0.2) is 0 Å². The van der Waals surface area contributed by atoms with Crippen LogP contribution in [0.3, 0.4) is 0 Å². The molecule has 2 aromatic carbocycles. The van der Waals surface area contributed by atoms with E-state index in [2.05, 4.69) is 5.32 Å². The lowest BCUT2D eigenvalue weighted by molar-refractivity contribution is -0.122. The molecule has 1 aliphatic heterocycles. The summed E-state index contributed by atoms with van der Waals surface area (Å²) >= 11 is 0.881. The Hall–Kier alpha value is -3.06. The lowest BCUT2D eigenvalue weighted by Gasteiger charge is -2.13. The highest BCUT2D eigenvalue weighted by Crippen LogP contribution is 2.33. The second-order valence-electron chi connectivity index (χ2n) is 5.70. The number of imide groups is 1. The number of benzene rings is 2. The van der Waals surface area contributed by atoms with E-state index in [1.165, 1.54) is 0 Å². The number of hydrogen-bond acceptors (Lipinski definition) is 5. The molecule has 0 saturated carbocycles. The van der Waals surface area contributed by atoms with Crippen molar-refractivity contribution >= 4 is 34.9 Å². The Bertz CT molecular complexity index is 896. The van der Waals surface area contributed by atoms with E-state index < -0.39 is 0 Å². The van der Waals surface area contributed by atoms with Crippen LogP contribution in [-0.4, -0.2) is 42.2 Å². The number of amides is 3. The molecule has 3 rings (SSSR count). The van der Waals surface area contributed by atoms with Crippen LogP contribution in [0.2, 0.25) is 0 Å². The van der Waals surface area contributed by atoms with E-state index in [1.54, 1.807) is 43.5 Å². The van der Waals surface area contributed by atoms with Crippen LogP contribution in [-0.2, 0) is 4.79 Å². The second kappa shape index (κ2) is 8.55. The molecule has 0 atom stereocenters. The van der Waals surface area contributed by atoms with Crippen LogP contribution >= 0.6 is 11.8 Å². The van der Waals surface area contributed by atoms with Crippen molar-refractivity contribution in [2.24, 2.45) is 0 Å². The lowest BCUT2D eigenvalue weighted by atomic mass is 10.2. The third-order valence-corrected chi connectivity index (χ3v) is 4.86. The van der Waals surface area contributed by atoms with Crippen molar-refractivity contribution in [1.82, 2.24) is 10.2 Å². The fourth-order valence-electron chi connectivity index (χ4n) is 2.59. The van der Waals surface area contributed by atoms with Gasteiger partial charge in [0.05, 0.1) is 12.0 Å². The number of nitrogens with one attached hydrogen (secondary N) is 1. The van der Waals surface area contributed by atoms with Gasteiger partial charge >= 0.3 is 0 Å². The van der Waals surface area contributed by atoms with Gasteiger partial charge in [0, 0.05) is 24.2 Å². The standard InChI is InChI=1S/C20H18N2O4S/c1-26-16-10-6-5-9-15(16)13-17-19(24)22(20(25)27-17)12-11-21-18(23)14-7-3-2-4-8-14/h2-10,13H,11-12H2,1H3,(H,21,23)/b17-13+. The Labute approximate surface area is 161 Å². The summed E-state index contributed by atoms with van der Waals surface area (Å²) < 4.78 is 5.27. The summed E-state index contributed by atoms with van der Waals surface area (Å²) in [5, 5.41) is 2.36. The maximum absolute atomic E-state index is 12.5. The predicted molar refractivity (Wildman–Crippen MR) is 104 cm³/mol. The molecule has 27 heavy (non-hydrogen) atoms. The fourth-order valence-corrected chi connectivity index (χ4v) is 3.45. The quantitative estimate of drug-likeness (QED) is 0.777. The van der Waals surface area contributed by atoms with Gasteiger partial charge in [-0.1, -0.05) is 36.4 Å². The van der Waals surface area contributed by atoms with Crippen molar-refractivity contribution in [2.75, 3.05) is 20.2 Å². The van der Waals surface area contributed by atoms with Gasteiger partial charge in [0.15, 0.2) is 0 Å². The molecule has 1 heterocycles. The lowest BCUT2D eigenvalue weighted by Crippen LogP contribution is -2.37. The SMILES string of the molecule is COc1ccccc1/C=C1/SC(=O)N(CCNC(=O)c2ccccc2)C1=O. The summed E-state index contributed by atoms with van der Waals surface area (Å²) in [7, 11) is 1.55. The molecule has 0 spiro atoms. The van der Waals surface area contributed by atoms with Crippen molar-refractivity contribution < 1.29 is 19.1 Å². The molecule has 1 saturated heterocycles. The molecule has 6 nitrogen and oxygen atoms in total. The number of thioether (sulfide) groups is 1. The maximum atomic E-state index is 12.5. The average Bonchev–Trinajstić information content (AvgIpc) is 2.96. The minimum Gasteiger partial charge on any atom is -0.496 e. The van der Waals surface area contributed by atoms with Crippen molar-refractivity contribution in [3.8, 4) is 5.75 Å². The van der Waals surface area contributed by atoms with Gasteiger partial charge in [0.25, 0.3) is 17.1 Å². The first-order valence-corrected chi connectivity index (χ1v) is 9.13. The molecular weight excluding hydrogens is 364 g/mol. The molecule has 7 heteroatoms. The number of para-hydroxylation sites is 1. The summed E-state index contributed by atoms with van der Waals surface area (Å²) in [6.45, 7) is 0.306. The monoisotopic (exact) mass is 382 g/mol. The van der Waals surface area contributed by atoms with E-state index in [4.69, 9.17) is 4.74 Å². The largest absolute Gasteiger partial charge is 0.496 e. The van der Waals surface area contributed by atoms with E-state index in [-0.39, 0.29) is 30.1 Å². The molecule has 0 radical (unpaired) electrons. The minimum absolute atomic E-state index is 0.118. The zero-order valence-electron chi connectivity index (χ0n) is 14.7. The Morgan fingerprint density at radius 3 is 2.56 bits per heavy atom. The molecule has 0 bridgehead atoms. The molecule has 3 amide bonds. The molecule has 0 aromatic heterocycles. The van der Waals surface area contributed by atoms with Crippen LogP contribution in [0.4, 0.5) is 4.79 Å². The Morgan fingerprint density at radius 1 is 1.11 bits per heavy atom. The summed E-state index contributed by atoms with van der Waals surface area (Å²) in [4.78, 5) is 38.2. The highest BCUT2D eigenvalue weighted by Gasteiger charge is 2.34. The van der Waals surface area contributed by atoms with Crippen LogP contribution in [0.25, 0.3) is 6.08 Å². The zero-order valence-corrected chi connectivity index (χ0v) is 15.5. The van der Waals surface area contributed by atoms with Crippen LogP contribution in [0, 0.1) is 0 Å². The number of methoxy groups -OCH3 is 1. The van der Waals surface area contributed by atoms with E-state index in [1.807, 2.05) is 24.3 Å². The number of carbonyl (C=O) groups is 3. The maximum Gasteiger partial charge on any atom is 0.293 e. The summed E-state index contributed by atoms with van der Waals surface area (Å²) in [5.74, 6) is 0.0106. The van der Waals surface area contributed by atoms with Gasteiger partial charge in [0.1, 0.15) is 5.75 Å². The van der Waals surface area contributed by atoms with Crippen LogP contribution < -0.4 is 10.1 Å². The number of rotatable bonds is 6. The van der Waals surface area contributed by atoms with E-state index >= 15 is 0 Å². The normalized spacial score (nSPS) is 15.3. The van der Waals surface area contributed by atoms with Gasteiger partial charge in [-0.05, 0) is 36.0 Å². The van der Waals surface area contributed by atoms with Crippen molar-refractivity contribution in [1.29, 1.82) is 0 Å². The smallest absolute Gasteiger partial charge is 0.293 e. The van der Waals surface area contributed by atoms with Crippen LogP contribution in [0.5, 0.6) is 5.75 Å². The zero-order chi connectivity index (χ0) is 19.2. The first-order chi connectivity index (χ1) is 13.1. The van der Waals surface area contributed by atoms with Gasteiger partial charge in [-0.2, -0.15) is 0 Å². The van der Waals surface area contributed by atoms with E-state index in [9.17, 15) is 14.4 Å². The molecule has 1 aliphatic rings. The van der Waals surface area contributed by atoms with Crippen molar-refractivity contribution in [3.05, 3.63) is 70.6 Å². The summed E-state index contributed by atoms with van der Waals surface area (Å²) in [5.41, 5.74) is 1.26. The highest BCUT2D eigenvalue weighted by atomic mass is 32.2. The van der Waals surface area contributed by atoms with Crippen LogP contribution in [0.1, 0.15) is 15.9 Å². The fraction of sp³-hybridized carbons (Fsp3) is 0.150. The molecule has 0 unspecified atom stereocenters. The highest BCUT2D eigenvalue weighted by molar-refractivity contribution is 8.18. The Kier molecular flexibility index (Phi) is 5.93. The molecule has 1 N–H and O–H groups in total. The van der Waals surface area contributed by atoms with Gasteiger partial charge in [-0.15, -0.1) is 0 Å². The summed E-state index contributed by atoms with van der Waals surface area (Å²) in [6.07, 6.45) is 1.65. The first-order valence-electron chi connectivity index (χ1n) is 8.32. The summed E-state index contributed by atoms with van der Waals surface area (Å²) in [6, 6.07) is 16.0. The van der Waals surface area contributed by atoms with Crippen molar-refractivity contribution in [2.45, 2.75) is 0 Å². The van der Waals surface area contributed by atoms with E-state index in [0.717, 1.165) is 22.2 Å². The van der Waals surface area contributed by atoms with Gasteiger partial charge < -0.3 is 10.1 Å². The number of nitrogens with zero attached hydrogens (tertiary/aromatic N) is 1. The number of ether oxygens (including phenoxy) is 1. The number of carbonyl (C=O) groups excluding carboxylic acids is 3. The second-order valence-corrected chi connectivity index (χ2v) is 6.69. The molecule has 2 aromatic rings.